The Labute approximate surface area is 314 Å². The van der Waals surface area contributed by atoms with Gasteiger partial charge in [-0.1, -0.05) is 24.3 Å². The number of nitrogens with zero attached hydrogens (tertiary/aromatic N) is 5. The lowest BCUT2D eigenvalue weighted by Gasteiger charge is -2.34. The number of benzene rings is 1. The van der Waals surface area contributed by atoms with Crippen molar-refractivity contribution in [3.05, 3.63) is 35.4 Å². The van der Waals surface area contributed by atoms with Gasteiger partial charge in [0.1, 0.15) is 16.8 Å². The number of nitrogens with two attached hydrogens (primary N) is 2. The summed E-state index contributed by atoms with van der Waals surface area (Å²) in [7, 11) is 0. The second-order valence-electron chi connectivity index (χ2n) is 16.9. The Morgan fingerprint density at radius 1 is 0.558 bits per heavy atom. The van der Waals surface area contributed by atoms with Crippen LogP contribution in [0.1, 0.15) is 79.9 Å². The zero-order valence-corrected chi connectivity index (χ0v) is 33.9. The quantitative estimate of drug-likeness (QED) is 0.201. The number of hydrogen-bond donors (Lipinski definition) is 2. The van der Waals surface area contributed by atoms with Gasteiger partial charge in [-0.15, -0.1) is 0 Å². The fourth-order valence-corrected chi connectivity index (χ4v) is 5.91. The molecule has 0 radical (unpaired) electrons. The number of rotatable bonds is 15. The lowest BCUT2D eigenvalue weighted by molar-refractivity contribution is -0.158. The van der Waals surface area contributed by atoms with Crippen LogP contribution < -0.4 is 11.5 Å². The molecule has 298 valence electrons. The molecule has 0 aromatic heterocycles. The van der Waals surface area contributed by atoms with E-state index >= 15 is 0 Å². The zero-order valence-electron chi connectivity index (χ0n) is 33.9. The van der Waals surface area contributed by atoms with E-state index in [1.54, 1.807) is 0 Å². The molecule has 2 rings (SSSR count). The van der Waals surface area contributed by atoms with Gasteiger partial charge in [0.05, 0.1) is 19.6 Å². The first-order valence-corrected chi connectivity index (χ1v) is 19.0. The average molecular weight is 734 g/mol. The summed E-state index contributed by atoms with van der Waals surface area (Å²) >= 11 is 0. The first-order valence-electron chi connectivity index (χ1n) is 19.0. The van der Waals surface area contributed by atoms with Crippen LogP contribution in [0.3, 0.4) is 0 Å². The predicted molar refractivity (Wildman–Crippen MR) is 207 cm³/mol. The fourth-order valence-electron chi connectivity index (χ4n) is 5.91. The zero-order chi connectivity index (χ0) is 39.0. The molecule has 1 fully saturated rings. The van der Waals surface area contributed by atoms with Crippen LogP contribution >= 0.6 is 0 Å². The van der Waals surface area contributed by atoms with Crippen LogP contribution in [0.2, 0.25) is 0 Å². The highest BCUT2D eigenvalue weighted by Gasteiger charge is 2.25. The minimum absolute atomic E-state index is 0.108. The van der Waals surface area contributed by atoms with Gasteiger partial charge in [0.25, 0.3) is 0 Å². The SMILES string of the molecule is CC(C)(C)OC(=O)CN1CCN(CC(=O)OC(C)(C)C)CCN(Cc2ccc(CN(CCN)CCCN)cc2)CCN(CC(=O)OC(C)(C)C)CC1. The maximum absolute atomic E-state index is 13.0. The molecular weight excluding hydrogens is 662 g/mol. The van der Waals surface area contributed by atoms with E-state index in [9.17, 15) is 14.4 Å². The molecule has 13 heteroatoms. The Morgan fingerprint density at radius 3 is 1.23 bits per heavy atom. The van der Waals surface area contributed by atoms with Crippen LogP contribution in [0.25, 0.3) is 0 Å². The Kier molecular flexibility index (Phi) is 19.2. The van der Waals surface area contributed by atoms with Crippen molar-refractivity contribution in [3.63, 3.8) is 0 Å². The van der Waals surface area contributed by atoms with Crippen molar-refractivity contribution in [1.29, 1.82) is 0 Å². The average Bonchev–Trinajstić information content (AvgIpc) is 2.99. The largest absolute Gasteiger partial charge is 0.459 e. The standard InChI is InChI=1S/C39H71N7O6/c1-37(2,3)50-34(47)29-44-21-19-43(28-33-13-11-32(12-14-33)27-42(18-16-41)17-10-15-40)20-22-45(30-35(48)51-38(4,5)6)24-26-46(25-23-44)31-36(49)52-39(7,8)9/h11-14H,10,15-31,40-41H2,1-9H3. The Bertz CT molecular complexity index is 1160. The molecule has 0 aliphatic carbocycles. The van der Waals surface area contributed by atoms with E-state index in [0.29, 0.717) is 72.0 Å². The van der Waals surface area contributed by atoms with Gasteiger partial charge in [-0.25, -0.2) is 0 Å². The molecule has 0 saturated carbocycles. The van der Waals surface area contributed by atoms with E-state index in [1.165, 1.54) is 11.1 Å². The third kappa shape index (κ3) is 21.2. The van der Waals surface area contributed by atoms with E-state index < -0.39 is 16.8 Å². The van der Waals surface area contributed by atoms with Gasteiger partial charge >= 0.3 is 17.9 Å². The first-order chi connectivity index (χ1) is 24.2. The minimum atomic E-state index is -0.603. The summed E-state index contributed by atoms with van der Waals surface area (Å²) in [6, 6.07) is 8.72. The highest BCUT2D eigenvalue weighted by Crippen LogP contribution is 2.14. The van der Waals surface area contributed by atoms with Crippen molar-refractivity contribution in [2.75, 3.05) is 98.2 Å². The van der Waals surface area contributed by atoms with Crippen LogP contribution in [0.5, 0.6) is 0 Å². The third-order valence-electron chi connectivity index (χ3n) is 8.21. The molecule has 1 aromatic rings. The van der Waals surface area contributed by atoms with Gasteiger partial charge in [-0.3, -0.25) is 38.9 Å². The second kappa shape index (κ2) is 21.9. The van der Waals surface area contributed by atoms with Crippen molar-refractivity contribution in [2.45, 2.75) is 98.6 Å². The monoisotopic (exact) mass is 734 g/mol. The fraction of sp³-hybridized carbons (Fsp3) is 0.769. The summed E-state index contributed by atoms with van der Waals surface area (Å²) < 4.78 is 17.0. The van der Waals surface area contributed by atoms with Crippen molar-refractivity contribution in [2.24, 2.45) is 11.5 Å². The van der Waals surface area contributed by atoms with Crippen molar-refractivity contribution in [1.82, 2.24) is 24.5 Å². The van der Waals surface area contributed by atoms with E-state index in [-0.39, 0.29) is 37.5 Å². The van der Waals surface area contributed by atoms with Gasteiger partial charge in [-0.05, 0) is 93.0 Å². The summed E-state index contributed by atoms with van der Waals surface area (Å²) in [6.45, 7) is 26.6. The Balaban J connectivity index is 2.31. The summed E-state index contributed by atoms with van der Waals surface area (Å²) in [4.78, 5) is 49.9. The number of hydrogen-bond acceptors (Lipinski definition) is 13. The van der Waals surface area contributed by atoms with Gasteiger partial charge in [0, 0.05) is 78.5 Å². The number of carbonyl (C=O) groups is 3. The summed E-state index contributed by atoms with van der Waals surface area (Å²) in [5.41, 5.74) is 12.2. The topological polar surface area (TPSA) is 147 Å². The molecule has 1 aliphatic heterocycles. The summed E-state index contributed by atoms with van der Waals surface area (Å²) in [5.74, 6) is -0.866. The van der Waals surface area contributed by atoms with E-state index in [1.807, 2.05) is 67.2 Å². The molecule has 0 unspecified atom stereocenters. The van der Waals surface area contributed by atoms with Gasteiger partial charge < -0.3 is 25.7 Å². The molecule has 0 spiro atoms. The molecule has 0 atom stereocenters. The number of ether oxygens (including phenoxy) is 3. The van der Waals surface area contributed by atoms with Crippen molar-refractivity contribution >= 4 is 17.9 Å². The second-order valence-corrected chi connectivity index (χ2v) is 16.9. The summed E-state index contributed by atoms with van der Waals surface area (Å²) in [5, 5.41) is 0. The van der Waals surface area contributed by atoms with Crippen molar-refractivity contribution < 1.29 is 28.6 Å². The van der Waals surface area contributed by atoms with Crippen LogP contribution in [0.4, 0.5) is 0 Å². The van der Waals surface area contributed by atoms with E-state index in [4.69, 9.17) is 25.7 Å². The van der Waals surface area contributed by atoms with Crippen LogP contribution in [-0.2, 0) is 41.7 Å². The third-order valence-corrected chi connectivity index (χ3v) is 8.21. The Morgan fingerprint density at radius 2 is 0.904 bits per heavy atom. The van der Waals surface area contributed by atoms with Gasteiger partial charge in [0.15, 0.2) is 0 Å². The molecule has 1 aromatic carbocycles. The van der Waals surface area contributed by atoms with Crippen LogP contribution in [0, 0.1) is 0 Å². The maximum atomic E-state index is 13.0. The van der Waals surface area contributed by atoms with Crippen molar-refractivity contribution in [3.8, 4) is 0 Å². The summed E-state index contributed by atoms with van der Waals surface area (Å²) in [6.07, 6.45) is 0.935. The lowest BCUT2D eigenvalue weighted by atomic mass is 10.1. The molecule has 1 aliphatic rings. The predicted octanol–water partition coefficient (Wildman–Crippen LogP) is 2.54. The van der Waals surface area contributed by atoms with Crippen LogP contribution in [0.15, 0.2) is 24.3 Å². The van der Waals surface area contributed by atoms with Crippen LogP contribution in [-0.4, -0.2) is 157 Å². The molecule has 52 heavy (non-hydrogen) atoms. The first kappa shape index (κ1) is 45.5. The normalized spacial score (nSPS) is 17.0. The van der Waals surface area contributed by atoms with E-state index in [0.717, 1.165) is 26.1 Å². The van der Waals surface area contributed by atoms with Gasteiger partial charge in [0.2, 0.25) is 0 Å². The molecule has 13 nitrogen and oxygen atoms in total. The smallest absolute Gasteiger partial charge is 0.320 e. The molecular formula is C39H71N7O6. The molecule has 1 heterocycles. The van der Waals surface area contributed by atoms with E-state index in [2.05, 4.69) is 43.9 Å². The number of carbonyl (C=O) groups excluding carboxylic acids is 3. The number of esters is 3. The molecule has 1 saturated heterocycles. The molecule has 4 N–H and O–H groups in total. The van der Waals surface area contributed by atoms with Gasteiger partial charge in [-0.2, -0.15) is 0 Å². The Hall–Kier alpha value is -2.65. The minimum Gasteiger partial charge on any atom is -0.459 e. The highest BCUT2D eigenvalue weighted by molar-refractivity contribution is 5.73. The maximum Gasteiger partial charge on any atom is 0.320 e. The lowest BCUT2D eigenvalue weighted by Crippen LogP contribution is -2.49. The molecule has 0 bridgehead atoms. The highest BCUT2D eigenvalue weighted by atomic mass is 16.6. The molecule has 0 amide bonds.